The van der Waals surface area contributed by atoms with Gasteiger partial charge in [0.2, 0.25) is 0 Å². The summed E-state index contributed by atoms with van der Waals surface area (Å²) in [7, 11) is 0. The fraction of sp³-hybridized carbons (Fsp3) is 0.231. The second-order valence-electron chi connectivity index (χ2n) is 3.67. The van der Waals surface area contributed by atoms with E-state index in [0.717, 1.165) is 5.82 Å². The molecule has 1 atom stereocenters. The summed E-state index contributed by atoms with van der Waals surface area (Å²) in [5, 5.41) is 8.71. The smallest absolute Gasteiger partial charge is 0.123 e. The summed E-state index contributed by atoms with van der Waals surface area (Å²) in [4.78, 5) is 4.19. The minimum absolute atomic E-state index is 0.215. The van der Waals surface area contributed by atoms with Crippen LogP contribution in [0.15, 0.2) is 42.7 Å². The minimum atomic E-state index is 0.215. The van der Waals surface area contributed by atoms with Crippen LogP contribution < -0.4 is 0 Å². The number of hydrogen-bond acceptors (Lipinski definition) is 2. The second-order valence-corrected chi connectivity index (χ2v) is 3.67. The number of nitrogens with zero attached hydrogens (tertiary/aromatic N) is 3. The molecule has 0 saturated heterocycles. The fourth-order valence-corrected chi connectivity index (χ4v) is 1.80. The van der Waals surface area contributed by atoms with Crippen molar-refractivity contribution in [1.82, 2.24) is 9.55 Å². The maximum atomic E-state index is 8.71. The third kappa shape index (κ3) is 1.96. The van der Waals surface area contributed by atoms with Crippen LogP contribution in [0, 0.1) is 11.3 Å². The Hall–Kier alpha value is -2.08. The molecule has 0 aliphatic heterocycles. The highest BCUT2D eigenvalue weighted by Gasteiger charge is 2.10. The predicted molar refractivity (Wildman–Crippen MR) is 61.8 cm³/mol. The van der Waals surface area contributed by atoms with Gasteiger partial charge < -0.3 is 4.57 Å². The molecule has 0 spiro atoms. The number of hydrogen-bond donors (Lipinski definition) is 0. The summed E-state index contributed by atoms with van der Waals surface area (Å²) < 4.78 is 2.04. The highest BCUT2D eigenvalue weighted by atomic mass is 15.1. The number of rotatable bonds is 3. The van der Waals surface area contributed by atoms with E-state index in [2.05, 4.69) is 30.1 Å². The molecule has 0 saturated carbocycles. The Bertz CT molecular complexity index is 493. The van der Waals surface area contributed by atoms with Crippen LogP contribution in [-0.4, -0.2) is 9.55 Å². The number of benzene rings is 1. The molecule has 1 aromatic heterocycles. The van der Waals surface area contributed by atoms with E-state index >= 15 is 0 Å². The van der Waals surface area contributed by atoms with Gasteiger partial charge in [0, 0.05) is 12.4 Å². The van der Waals surface area contributed by atoms with E-state index in [4.69, 9.17) is 5.26 Å². The standard InChI is InChI=1S/C13H13N3/c1-11(12-5-3-2-4-6-12)16-10-9-15-13(16)7-8-14/h2-6,9-11H,7H2,1H3/t11-/m0/s1. The zero-order valence-electron chi connectivity index (χ0n) is 9.17. The van der Waals surface area contributed by atoms with Gasteiger partial charge in [0.15, 0.2) is 0 Å². The van der Waals surface area contributed by atoms with Crippen LogP contribution in [0.2, 0.25) is 0 Å². The van der Waals surface area contributed by atoms with Gasteiger partial charge in [-0.1, -0.05) is 30.3 Å². The molecule has 0 unspecified atom stereocenters. The molecule has 1 aromatic carbocycles. The molecular weight excluding hydrogens is 198 g/mol. The molecule has 0 aliphatic rings. The first-order chi connectivity index (χ1) is 7.83. The van der Waals surface area contributed by atoms with Gasteiger partial charge in [0.05, 0.1) is 18.5 Å². The normalized spacial score (nSPS) is 12.0. The maximum absolute atomic E-state index is 8.71. The summed E-state index contributed by atoms with van der Waals surface area (Å²) in [5.41, 5.74) is 1.22. The van der Waals surface area contributed by atoms with Crippen molar-refractivity contribution >= 4 is 0 Å². The summed E-state index contributed by atoms with van der Waals surface area (Å²) in [6, 6.07) is 12.6. The lowest BCUT2D eigenvalue weighted by Crippen LogP contribution is -2.09. The Labute approximate surface area is 95.0 Å². The molecule has 0 N–H and O–H groups in total. The highest BCUT2D eigenvalue weighted by molar-refractivity contribution is 5.20. The average Bonchev–Trinajstić information content (AvgIpc) is 2.78. The van der Waals surface area contributed by atoms with Crippen molar-refractivity contribution in [2.45, 2.75) is 19.4 Å². The van der Waals surface area contributed by atoms with Gasteiger partial charge >= 0.3 is 0 Å². The first-order valence-electron chi connectivity index (χ1n) is 5.26. The molecule has 1 heterocycles. The zero-order chi connectivity index (χ0) is 11.4. The molecule has 80 valence electrons. The molecule has 0 aliphatic carbocycles. The predicted octanol–water partition coefficient (Wildman–Crippen LogP) is 2.56. The SMILES string of the molecule is C[C@@H](c1ccccc1)n1ccnc1CC#N. The van der Waals surface area contributed by atoms with Crippen LogP contribution in [-0.2, 0) is 6.42 Å². The van der Waals surface area contributed by atoms with E-state index < -0.39 is 0 Å². The van der Waals surface area contributed by atoms with Crippen molar-refractivity contribution < 1.29 is 0 Å². The van der Waals surface area contributed by atoms with Gasteiger partial charge in [-0.3, -0.25) is 0 Å². The quantitative estimate of drug-likeness (QED) is 0.783. The first kappa shape index (κ1) is 10.4. The summed E-state index contributed by atoms with van der Waals surface area (Å²) in [6.07, 6.45) is 4.01. The van der Waals surface area contributed by atoms with Gasteiger partial charge in [0.25, 0.3) is 0 Å². The second kappa shape index (κ2) is 4.63. The molecule has 0 fully saturated rings. The van der Waals surface area contributed by atoms with Crippen LogP contribution >= 0.6 is 0 Å². The summed E-state index contributed by atoms with van der Waals surface area (Å²) in [5.74, 6) is 0.818. The topological polar surface area (TPSA) is 41.6 Å². The minimum Gasteiger partial charge on any atom is -0.327 e. The van der Waals surface area contributed by atoms with Crippen molar-refractivity contribution in [2.24, 2.45) is 0 Å². The molecule has 3 nitrogen and oxygen atoms in total. The first-order valence-corrected chi connectivity index (χ1v) is 5.26. The number of imidazole rings is 1. The van der Waals surface area contributed by atoms with Crippen molar-refractivity contribution in [2.75, 3.05) is 0 Å². The summed E-state index contributed by atoms with van der Waals surface area (Å²) >= 11 is 0. The zero-order valence-corrected chi connectivity index (χ0v) is 9.17. The number of aromatic nitrogens is 2. The van der Waals surface area contributed by atoms with E-state index in [1.165, 1.54) is 5.56 Å². The highest BCUT2D eigenvalue weighted by Crippen LogP contribution is 2.18. The van der Waals surface area contributed by atoms with E-state index in [1.54, 1.807) is 6.20 Å². The van der Waals surface area contributed by atoms with E-state index in [1.807, 2.05) is 29.0 Å². The average molecular weight is 211 g/mol. The Morgan fingerprint density at radius 2 is 2.12 bits per heavy atom. The Balaban J connectivity index is 2.31. The largest absolute Gasteiger partial charge is 0.327 e. The van der Waals surface area contributed by atoms with Crippen molar-refractivity contribution in [3.05, 3.63) is 54.1 Å². The molecular formula is C13H13N3. The summed E-state index contributed by atoms with van der Waals surface area (Å²) in [6.45, 7) is 2.11. The van der Waals surface area contributed by atoms with Crippen molar-refractivity contribution in [1.29, 1.82) is 5.26 Å². The van der Waals surface area contributed by atoms with Crippen LogP contribution in [0.3, 0.4) is 0 Å². The van der Waals surface area contributed by atoms with Crippen molar-refractivity contribution in [3.8, 4) is 6.07 Å². The molecule has 2 rings (SSSR count). The number of nitriles is 1. The van der Waals surface area contributed by atoms with Crippen LogP contribution in [0.4, 0.5) is 0 Å². The third-order valence-corrected chi connectivity index (χ3v) is 2.69. The fourth-order valence-electron chi connectivity index (χ4n) is 1.80. The van der Waals surface area contributed by atoms with Gasteiger partial charge in [-0.25, -0.2) is 4.98 Å². The lowest BCUT2D eigenvalue weighted by Gasteiger charge is -2.15. The molecule has 3 heteroatoms. The lowest BCUT2D eigenvalue weighted by molar-refractivity contribution is 0.612. The van der Waals surface area contributed by atoms with Gasteiger partial charge in [-0.05, 0) is 12.5 Å². The Morgan fingerprint density at radius 1 is 1.38 bits per heavy atom. The molecule has 0 amide bonds. The Morgan fingerprint density at radius 3 is 2.81 bits per heavy atom. The van der Waals surface area contributed by atoms with Crippen LogP contribution in [0.25, 0.3) is 0 Å². The van der Waals surface area contributed by atoms with Gasteiger partial charge in [-0.15, -0.1) is 0 Å². The maximum Gasteiger partial charge on any atom is 0.123 e. The van der Waals surface area contributed by atoms with E-state index in [-0.39, 0.29) is 6.04 Å². The van der Waals surface area contributed by atoms with E-state index in [0.29, 0.717) is 6.42 Å². The van der Waals surface area contributed by atoms with E-state index in [9.17, 15) is 0 Å². The Kier molecular flexibility index (Phi) is 3.02. The van der Waals surface area contributed by atoms with Crippen LogP contribution in [0.1, 0.15) is 24.4 Å². The molecule has 0 radical (unpaired) electrons. The van der Waals surface area contributed by atoms with Crippen LogP contribution in [0.5, 0.6) is 0 Å². The van der Waals surface area contributed by atoms with Gasteiger partial charge in [-0.2, -0.15) is 5.26 Å². The molecule has 0 bridgehead atoms. The van der Waals surface area contributed by atoms with Crippen molar-refractivity contribution in [3.63, 3.8) is 0 Å². The lowest BCUT2D eigenvalue weighted by atomic mass is 10.1. The monoisotopic (exact) mass is 211 g/mol. The third-order valence-electron chi connectivity index (χ3n) is 2.69. The molecule has 16 heavy (non-hydrogen) atoms. The molecule has 2 aromatic rings. The van der Waals surface area contributed by atoms with Gasteiger partial charge in [0.1, 0.15) is 5.82 Å².